The number of benzene rings is 4. The summed E-state index contributed by atoms with van der Waals surface area (Å²) in [4.78, 5) is 29.1. The van der Waals surface area contributed by atoms with E-state index in [1.165, 1.54) is 0 Å². The molecule has 0 fully saturated rings. The average molecular weight is 557 g/mol. The van der Waals surface area contributed by atoms with Gasteiger partial charge in [0.05, 0.1) is 5.02 Å². The SMILES string of the molecule is O=C(NCc1ccc2c(c1)OCO2)[C@H](Cc1ccccc1)N(Cc1ccccc1)C(=O)COc1ccccc1Cl. The zero-order valence-electron chi connectivity index (χ0n) is 21.8. The van der Waals surface area contributed by atoms with Crippen molar-refractivity contribution in [2.75, 3.05) is 13.4 Å². The number of para-hydroxylation sites is 1. The summed E-state index contributed by atoms with van der Waals surface area (Å²) >= 11 is 6.24. The Kier molecular flexibility index (Phi) is 8.83. The molecule has 1 N–H and O–H groups in total. The van der Waals surface area contributed by atoms with E-state index in [0.717, 1.165) is 16.7 Å². The third-order valence-corrected chi connectivity index (χ3v) is 6.87. The van der Waals surface area contributed by atoms with Crippen LogP contribution in [0.2, 0.25) is 5.02 Å². The molecular weight excluding hydrogens is 528 g/mol. The summed E-state index contributed by atoms with van der Waals surface area (Å²) in [6, 6.07) is 31.0. The van der Waals surface area contributed by atoms with Crippen LogP contribution in [0.3, 0.4) is 0 Å². The fourth-order valence-electron chi connectivity index (χ4n) is 4.48. The van der Waals surface area contributed by atoms with E-state index in [0.29, 0.717) is 28.7 Å². The molecule has 4 aromatic rings. The van der Waals surface area contributed by atoms with Gasteiger partial charge in [-0.2, -0.15) is 0 Å². The Morgan fingerprint density at radius 3 is 2.25 bits per heavy atom. The van der Waals surface area contributed by atoms with Crippen LogP contribution >= 0.6 is 11.6 Å². The molecule has 40 heavy (non-hydrogen) atoms. The highest BCUT2D eigenvalue weighted by Crippen LogP contribution is 2.32. The minimum Gasteiger partial charge on any atom is -0.482 e. The maximum Gasteiger partial charge on any atom is 0.261 e. The van der Waals surface area contributed by atoms with Crippen LogP contribution in [-0.2, 0) is 29.1 Å². The first kappa shape index (κ1) is 27.1. The summed E-state index contributed by atoms with van der Waals surface area (Å²) in [6.45, 7) is 0.416. The van der Waals surface area contributed by atoms with Crippen molar-refractivity contribution in [2.45, 2.75) is 25.6 Å². The second kappa shape index (κ2) is 13.0. The van der Waals surface area contributed by atoms with Crippen LogP contribution < -0.4 is 19.5 Å². The number of carbonyl (C=O) groups is 2. The summed E-state index contributed by atoms with van der Waals surface area (Å²) in [6.07, 6.45) is 0.332. The second-order valence-corrected chi connectivity index (χ2v) is 9.74. The lowest BCUT2D eigenvalue weighted by Gasteiger charge is -2.31. The van der Waals surface area contributed by atoms with E-state index in [4.69, 9.17) is 25.8 Å². The lowest BCUT2D eigenvalue weighted by molar-refractivity contribution is -0.142. The number of nitrogens with one attached hydrogen (secondary N) is 1. The molecule has 1 aliphatic heterocycles. The first-order valence-corrected chi connectivity index (χ1v) is 13.4. The summed E-state index contributed by atoms with van der Waals surface area (Å²) in [5.41, 5.74) is 2.69. The van der Waals surface area contributed by atoms with Gasteiger partial charge in [0.2, 0.25) is 12.7 Å². The zero-order valence-corrected chi connectivity index (χ0v) is 22.6. The number of hydrogen-bond donors (Lipinski definition) is 1. The van der Waals surface area contributed by atoms with E-state index in [-0.39, 0.29) is 38.3 Å². The minimum absolute atomic E-state index is 0.178. The van der Waals surface area contributed by atoms with Crippen LogP contribution in [0.5, 0.6) is 17.2 Å². The number of fused-ring (bicyclic) bond motifs is 1. The van der Waals surface area contributed by atoms with Crippen molar-refractivity contribution < 1.29 is 23.8 Å². The summed E-state index contributed by atoms with van der Waals surface area (Å²) in [5.74, 6) is 1.12. The molecule has 0 aromatic heterocycles. The van der Waals surface area contributed by atoms with Crippen molar-refractivity contribution in [3.8, 4) is 17.2 Å². The zero-order chi connectivity index (χ0) is 27.7. The molecule has 0 saturated heterocycles. The van der Waals surface area contributed by atoms with E-state index in [1.54, 1.807) is 29.2 Å². The largest absolute Gasteiger partial charge is 0.482 e. The molecular formula is C32H29ClN2O5. The quantitative estimate of drug-likeness (QED) is 0.267. The highest BCUT2D eigenvalue weighted by Gasteiger charge is 2.31. The fourth-order valence-corrected chi connectivity index (χ4v) is 4.67. The molecule has 0 radical (unpaired) electrons. The molecule has 0 unspecified atom stereocenters. The topological polar surface area (TPSA) is 77.1 Å². The monoisotopic (exact) mass is 556 g/mol. The van der Waals surface area contributed by atoms with Gasteiger partial charge in [0.25, 0.3) is 5.91 Å². The predicted molar refractivity (Wildman–Crippen MR) is 152 cm³/mol. The maximum absolute atomic E-state index is 13.8. The van der Waals surface area contributed by atoms with Gasteiger partial charge in [-0.1, -0.05) is 90.5 Å². The van der Waals surface area contributed by atoms with Gasteiger partial charge in [-0.3, -0.25) is 9.59 Å². The lowest BCUT2D eigenvalue weighted by atomic mass is 10.0. The van der Waals surface area contributed by atoms with E-state index in [2.05, 4.69) is 5.32 Å². The Labute approximate surface area is 238 Å². The number of amides is 2. The lowest BCUT2D eigenvalue weighted by Crippen LogP contribution is -2.51. The molecule has 1 aliphatic rings. The number of nitrogens with zero attached hydrogens (tertiary/aromatic N) is 1. The number of ether oxygens (including phenoxy) is 3. The van der Waals surface area contributed by atoms with Crippen LogP contribution in [0.25, 0.3) is 0 Å². The summed E-state index contributed by atoms with van der Waals surface area (Å²) < 4.78 is 16.6. The van der Waals surface area contributed by atoms with Gasteiger partial charge in [-0.25, -0.2) is 0 Å². The van der Waals surface area contributed by atoms with Gasteiger partial charge < -0.3 is 24.4 Å². The van der Waals surface area contributed by atoms with Crippen LogP contribution in [0, 0.1) is 0 Å². The van der Waals surface area contributed by atoms with E-state index >= 15 is 0 Å². The summed E-state index contributed by atoms with van der Waals surface area (Å²) in [7, 11) is 0. The van der Waals surface area contributed by atoms with Crippen molar-refractivity contribution in [1.29, 1.82) is 0 Å². The van der Waals surface area contributed by atoms with Crippen LogP contribution in [0.1, 0.15) is 16.7 Å². The summed E-state index contributed by atoms with van der Waals surface area (Å²) in [5, 5.41) is 3.43. The third kappa shape index (κ3) is 6.93. The normalized spacial score (nSPS) is 12.4. The van der Waals surface area contributed by atoms with Crippen molar-refractivity contribution in [2.24, 2.45) is 0 Å². The smallest absolute Gasteiger partial charge is 0.261 e. The molecule has 0 spiro atoms. The number of halogens is 1. The first-order valence-electron chi connectivity index (χ1n) is 13.0. The van der Waals surface area contributed by atoms with Gasteiger partial charge in [-0.15, -0.1) is 0 Å². The molecule has 2 amide bonds. The standard InChI is InChI=1S/C32H29ClN2O5/c33-26-13-7-8-14-28(26)38-21-31(36)35(20-24-11-5-2-6-12-24)27(17-23-9-3-1-4-10-23)32(37)34-19-25-15-16-29-30(18-25)40-22-39-29/h1-16,18,27H,17,19-22H2,(H,34,37)/t27-/m0/s1. The second-order valence-electron chi connectivity index (χ2n) is 9.34. The Bertz CT molecular complexity index is 1450. The average Bonchev–Trinajstić information content (AvgIpc) is 3.46. The van der Waals surface area contributed by atoms with Gasteiger partial charge in [0.1, 0.15) is 11.8 Å². The molecule has 5 rings (SSSR count). The number of rotatable bonds is 11. The Morgan fingerprint density at radius 1 is 0.825 bits per heavy atom. The Balaban J connectivity index is 1.39. The number of carbonyl (C=O) groups excluding carboxylic acids is 2. The minimum atomic E-state index is -0.793. The molecule has 1 heterocycles. The highest BCUT2D eigenvalue weighted by molar-refractivity contribution is 6.32. The Hall–Kier alpha value is -4.49. The molecule has 204 valence electrons. The highest BCUT2D eigenvalue weighted by atomic mass is 35.5. The van der Waals surface area contributed by atoms with Gasteiger partial charge in [-0.05, 0) is 41.0 Å². The van der Waals surface area contributed by atoms with Gasteiger partial charge in [0.15, 0.2) is 18.1 Å². The molecule has 4 aromatic carbocycles. The van der Waals surface area contributed by atoms with Crippen molar-refractivity contribution in [1.82, 2.24) is 10.2 Å². The first-order chi connectivity index (χ1) is 19.6. The molecule has 0 aliphatic carbocycles. The van der Waals surface area contributed by atoms with Crippen molar-refractivity contribution in [3.05, 3.63) is 125 Å². The van der Waals surface area contributed by atoms with Crippen LogP contribution in [0.4, 0.5) is 0 Å². The van der Waals surface area contributed by atoms with E-state index < -0.39 is 6.04 Å². The van der Waals surface area contributed by atoms with Crippen molar-refractivity contribution >= 4 is 23.4 Å². The van der Waals surface area contributed by atoms with E-state index in [1.807, 2.05) is 78.9 Å². The molecule has 7 nitrogen and oxygen atoms in total. The Morgan fingerprint density at radius 2 is 1.50 bits per heavy atom. The molecule has 1 atom stereocenters. The van der Waals surface area contributed by atoms with E-state index in [9.17, 15) is 9.59 Å². The predicted octanol–water partition coefficient (Wildman–Crippen LogP) is 5.40. The van der Waals surface area contributed by atoms with Gasteiger partial charge >= 0.3 is 0 Å². The maximum atomic E-state index is 13.8. The fraction of sp³-hybridized carbons (Fsp3) is 0.188. The molecule has 0 saturated carbocycles. The third-order valence-electron chi connectivity index (χ3n) is 6.56. The van der Waals surface area contributed by atoms with Crippen LogP contribution in [-0.4, -0.2) is 36.2 Å². The molecule has 8 heteroatoms. The van der Waals surface area contributed by atoms with Gasteiger partial charge in [0, 0.05) is 19.5 Å². The molecule has 0 bridgehead atoms. The number of hydrogen-bond acceptors (Lipinski definition) is 5. The van der Waals surface area contributed by atoms with Crippen LogP contribution in [0.15, 0.2) is 103 Å². The van der Waals surface area contributed by atoms with Crippen molar-refractivity contribution in [3.63, 3.8) is 0 Å².